The number of nitrogens with one attached hydrogen (secondary N) is 2. The van der Waals surface area contributed by atoms with E-state index in [0.717, 1.165) is 5.56 Å². The van der Waals surface area contributed by atoms with Gasteiger partial charge in [0, 0.05) is 37.1 Å². The van der Waals surface area contributed by atoms with Gasteiger partial charge in [-0.25, -0.2) is 0 Å². The van der Waals surface area contributed by atoms with Gasteiger partial charge in [-0.3, -0.25) is 14.3 Å². The molecule has 1 heterocycles. The predicted octanol–water partition coefficient (Wildman–Crippen LogP) is 1.15. The molecular weight excluding hydrogens is 330 g/mol. The van der Waals surface area contributed by atoms with Crippen molar-refractivity contribution in [2.75, 3.05) is 11.9 Å². The summed E-state index contributed by atoms with van der Waals surface area (Å²) in [4.78, 5) is 23.6. The minimum Gasteiger partial charge on any atom is -0.352 e. The fourth-order valence-corrected chi connectivity index (χ4v) is 1.97. The Kier molecular flexibility index (Phi) is 7.94. The van der Waals surface area contributed by atoms with Gasteiger partial charge in [-0.15, -0.1) is 12.4 Å². The third-order valence-electron chi connectivity index (χ3n) is 3.34. The van der Waals surface area contributed by atoms with E-state index in [4.69, 9.17) is 5.73 Å². The van der Waals surface area contributed by atoms with Crippen LogP contribution in [-0.4, -0.2) is 28.1 Å². The van der Waals surface area contributed by atoms with E-state index in [0.29, 0.717) is 18.8 Å². The van der Waals surface area contributed by atoms with Crippen molar-refractivity contribution in [3.8, 4) is 0 Å². The molecule has 0 fully saturated rings. The van der Waals surface area contributed by atoms with E-state index in [1.165, 1.54) is 0 Å². The third kappa shape index (κ3) is 6.02. The predicted molar refractivity (Wildman–Crippen MR) is 94.6 cm³/mol. The summed E-state index contributed by atoms with van der Waals surface area (Å²) in [5, 5.41) is 9.62. The molecule has 1 aromatic heterocycles. The standard InChI is InChI=1S/C16H21N5O2.ClH/c1-12(9-17)16(23)18-10-13-4-2-5-14(8-13)20-15(22)11-21-7-3-6-19-21;/h2-8,12H,9-11,17H2,1H3,(H,18,23)(H,20,22);1H. The van der Waals surface area contributed by atoms with Crippen molar-refractivity contribution in [2.45, 2.75) is 20.0 Å². The van der Waals surface area contributed by atoms with Crippen LogP contribution < -0.4 is 16.4 Å². The Bertz CT molecular complexity index is 660. The van der Waals surface area contributed by atoms with E-state index in [1.807, 2.05) is 18.2 Å². The lowest BCUT2D eigenvalue weighted by Gasteiger charge is -2.11. The fraction of sp³-hybridized carbons (Fsp3) is 0.312. The molecule has 8 heteroatoms. The molecule has 2 rings (SSSR count). The number of nitrogens with two attached hydrogens (primary N) is 1. The van der Waals surface area contributed by atoms with Crippen molar-refractivity contribution in [2.24, 2.45) is 11.7 Å². The average Bonchev–Trinajstić information content (AvgIpc) is 3.04. The molecule has 0 aliphatic heterocycles. The van der Waals surface area contributed by atoms with E-state index in [1.54, 1.807) is 36.1 Å². The molecule has 0 radical (unpaired) electrons. The van der Waals surface area contributed by atoms with Crippen molar-refractivity contribution in [3.63, 3.8) is 0 Å². The first-order chi connectivity index (χ1) is 11.1. The summed E-state index contributed by atoms with van der Waals surface area (Å²) in [6.07, 6.45) is 3.35. The van der Waals surface area contributed by atoms with Crippen LogP contribution in [0.1, 0.15) is 12.5 Å². The molecule has 0 aliphatic carbocycles. The number of halogens is 1. The summed E-state index contributed by atoms with van der Waals surface area (Å²) in [6, 6.07) is 9.11. The Labute approximate surface area is 147 Å². The van der Waals surface area contributed by atoms with E-state index in [9.17, 15) is 9.59 Å². The monoisotopic (exact) mass is 351 g/mol. The number of rotatable bonds is 7. The molecule has 0 saturated heterocycles. The van der Waals surface area contributed by atoms with Gasteiger partial charge in [-0.05, 0) is 23.8 Å². The smallest absolute Gasteiger partial charge is 0.246 e. The van der Waals surface area contributed by atoms with Crippen LogP contribution in [0, 0.1) is 5.92 Å². The molecule has 0 spiro atoms. The molecule has 1 unspecified atom stereocenters. The summed E-state index contributed by atoms with van der Waals surface area (Å²) in [5.41, 5.74) is 7.04. The third-order valence-corrected chi connectivity index (χ3v) is 3.34. The molecule has 24 heavy (non-hydrogen) atoms. The van der Waals surface area contributed by atoms with Crippen LogP contribution >= 0.6 is 12.4 Å². The number of anilines is 1. The molecular formula is C16H22ClN5O2. The second-order valence-electron chi connectivity index (χ2n) is 5.31. The lowest BCUT2D eigenvalue weighted by molar-refractivity contribution is -0.124. The minimum absolute atomic E-state index is 0. The van der Waals surface area contributed by atoms with Crippen LogP contribution in [-0.2, 0) is 22.7 Å². The number of nitrogens with zero attached hydrogens (tertiary/aromatic N) is 2. The normalized spacial score (nSPS) is 11.2. The lowest BCUT2D eigenvalue weighted by Crippen LogP contribution is -2.32. The molecule has 0 aliphatic rings. The van der Waals surface area contributed by atoms with E-state index >= 15 is 0 Å². The summed E-state index contributed by atoms with van der Waals surface area (Å²) in [6.45, 7) is 2.64. The van der Waals surface area contributed by atoms with Gasteiger partial charge >= 0.3 is 0 Å². The van der Waals surface area contributed by atoms with Gasteiger partial charge in [0.15, 0.2) is 0 Å². The van der Waals surface area contributed by atoms with Gasteiger partial charge in [0.2, 0.25) is 11.8 Å². The van der Waals surface area contributed by atoms with E-state index < -0.39 is 0 Å². The van der Waals surface area contributed by atoms with Gasteiger partial charge in [0.25, 0.3) is 0 Å². The Morgan fingerprint density at radius 3 is 2.79 bits per heavy atom. The van der Waals surface area contributed by atoms with Crippen molar-refractivity contribution in [1.29, 1.82) is 0 Å². The maximum Gasteiger partial charge on any atom is 0.246 e. The minimum atomic E-state index is -0.216. The van der Waals surface area contributed by atoms with E-state index in [-0.39, 0.29) is 36.7 Å². The van der Waals surface area contributed by atoms with Crippen LogP contribution in [0.25, 0.3) is 0 Å². The average molecular weight is 352 g/mol. The summed E-state index contributed by atoms with van der Waals surface area (Å²) < 4.78 is 1.55. The summed E-state index contributed by atoms with van der Waals surface area (Å²) >= 11 is 0. The van der Waals surface area contributed by atoms with Crippen LogP contribution in [0.4, 0.5) is 5.69 Å². The maximum absolute atomic E-state index is 11.9. The second kappa shape index (κ2) is 9.69. The number of benzene rings is 1. The summed E-state index contributed by atoms with van der Waals surface area (Å²) in [5.74, 6) is -0.459. The molecule has 4 N–H and O–H groups in total. The number of amides is 2. The maximum atomic E-state index is 11.9. The zero-order valence-corrected chi connectivity index (χ0v) is 14.3. The number of carbonyl (C=O) groups is 2. The highest BCUT2D eigenvalue weighted by Gasteiger charge is 2.10. The van der Waals surface area contributed by atoms with Gasteiger partial charge < -0.3 is 16.4 Å². The molecule has 2 amide bonds. The first kappa shape index (κ1) is 19.7. The zero-order chi connectivity index (χ0) is 16.7. The number of hydrogen-bond acceptors (Lipinski definition) is 4. The van der Waals surface area contributed by atoms with Gasteiger partial charge in [-0.2, -0.15) is 5.10 Å². The van der Waals surface area contributed by atoms with Crippen LogP contribution in [0.3, 0.4) is 0 Å². The highest BCUT2D eigenvalue weighted by molar-refractivity contribution is 5.90. The first-order valence-electron chi connectivity index (χ1n) is 7.42. The molecule has 1 aromatic carbocycles. The SMILES string of the molecule is CC(CN)C(=O)NCc1cccc(NC(=O)Cn2cccn2)c1.Cl. The molecule has 130 valence electrons. The largest absolute Gasteiger partial charge is 0.352 e. The highest BCUT2D eigenvalue weighted by Crippen LogP contribution is 2.11. The van der Waals surface area contributed by atoms with Crippen LogP contribution in [0.2, 0.25) is 0 Å². The van der Waals surface area contributed by atoms with Crippen LogP contribution in [0.5, 0.6) is 0 Å². The highest BCUT2D eigenvalue weighted by atomic mass is 35.5. The Balaban J connectivity index is 0.00000288. The quantitative estimate of drug-likeness (QED) is 0.696. The first-order valence-corrected chi connectivity index (χ1v) is 7.42. The molecule has 2 aromatic rings. The van der Waals surface area contributed by atoms with Crippen LogP contribution in [0.15, 0.2) is 42.7 Å². The van der Waals surface area contributed by atoms with Crippen molar-refractivity contribution >= 4 is 29.9 Å². The Hall–Kier alpha value is -2.38. The molecule has 7 nitrogen and oxygen atoms in total. The molecule has 0 bridgehead atoms. The van der Waals surface area contributed by atoms with Crippen molar-refractivity contribution in [3.05, 3.63) is 48.3 Å². The number of aromatic nitrogens is 2. The van der Waals surface area contributed by atoms with Gasteiger partial charge in [-0.1, -0.05) is 19.1 Å². The second-order valence-corrected chi connectivity index (χ2v) is 5.31. The van der Waals surface area contributed by atoms with E-state index in [2.05, 4.69) is 15.7 Å². The topological polar surface area (TPSA) is 102 Å². The van der Waals surface area contributed by atoms with Crippen molar-refractivity contribution in [1.82, 2.24) is 15.1 Å². The molecule has 1 atom stereocenters. The Morgan fingerprint density at radius 2 is 2.12 bits per heavy atom. The number of carbonyl (C=O) groups excluding carboxylic acids is 2. The van der Waals surface area contributed by atoms with Gasteiger partial charge in [0.1, 0.15) is 6.54 Å². The lowest BCUT2D eigenvalue weighted by atomic mass is 10.1. The van der Waals surface area contributed by atoms with Gasteiger partial charge in [0.05, 0.1) is 0 Å². The molecule has 0 saturated carbocycles. The Morgan fingerprint density at radius 1 is 1.33 bits per heavy atom. The zero-order valence-electron chi connectivity index (χ0n) is 13.4. The number of hydrogen-bond donors (Lipinski definition) is 3. The summed E-state index contributed by atoms with van der Waals surface area (Å²) in [7, 11) is 0. The fourth-order valence-electron chi connectivity index (χ4n) is 1.97. The van der Waals surface area contributed by atoms with Crippen molar-refractivity contribution < 1.29 is 9.59 Å².